The molecule has 1 aliphatic rings. The molecular weight excluding hydrogens is 240 g/mol. The molecule has 19 heavy (non-hydrogen) atoms. The van der Waals surface area contributed by atoms with Gasteiger partial charge >= 0.3 is 0 Å². The lowest BCUT2D eigenvalue weighted by Gasteiger charge is -2.08. The first-order valence-electron chi connectivity index (χ1n) is 6.74. The molecule has 1 saturated carbocycles. The van der Waals surface area contributed by atoms with Crippen molar-refractivity contribution in [1.29, 1.82) is 0 Å². The van der Waals surface area contributed by atoms with Crippen LogP contribution in [0.1, 0.15) is 23.3 Å². The fraction of sp³-hybridized carbons (Fsp3) is 0.429. The summed E-state index contributed by atoms with van der Waals surface area (Å²) in [5, 5.41) is 7.16. The molecule has 0 spiro atoms. The van der Waals surface area contributed by atoms with Crippen LogP contribution in [0.3, 0.4) is 0 Å². The van der Waals surface area contributed by atoms with Crippen LogP contribution in [0.25, 0.3) is 0 Å². The van der Waals surface area contributed by atoms with E-state index in [0.717, 1.165) is 13.1 Å². The molecule has 5 heteroatoms. The molecule has 1 aliphatic carbocycles. The topological polar surface area (TPSA) is 51.9 Å². The van der Waals surface area contributed by atoms with E-state index in [4.69, 9.17) is 0 Å². The van der Waals surface area contributed by atoms with Crippen molar-refractivity contribution in [2.45, 2.75) is 25.9 Å². The van der Waals surface area contributed by atoms with Crippen LogP contribution in [0.2, 0.25) is 0 Å². The monoisotopic (exact) mass is 258 g/mol. The second-order valence-electron chi connectivity index (χ2n) is 5.02. The van der Waals surface area contributed by atoms with Gasteiger partial charge < -0.3 is 9.88 Å². The predicted octanol–water partition coefficient (Wildman–Crippen LogP) is 1.52. The average molecular weight is 258 g/mol. The number of nitrogens with one attached hydrogen (secondary N) is 1. The fourth-order valence-corrected chi connectivity index (χ4v) is 2.12. The molecule has 2 aromatic heterocycles. The molecule has 100 valence electrons. The molecule has 0 atom stereocenters. The highest BCUT2D eigenvalue weighted by Crippen LogP contribution is 2.30. The van der Waals surface area contributed by atoms with Crippen molar-refractivity contribution in [2.75, 3.05) is 6.54 Å². The molecule has 3 rings (SSSR count). The molecule has 0 saturated heterocycles. The van der Waals surface area contributed by atoms with Crippen LogP contribution in [-0.2, 0) is 13.1 Å². The summed E-state index contributed by atoms with van der Waals surface area (Å²) in [5.41, 5.74) is 0.666. The lowest BCUT2D eigenvalue weighted by atomic mass is 10.3. The molecule has 5 nitrogen and oxygen atoms in total. The molecule has 0 aromatic carbocycles. The number of rotatable bonds is 6. The maximum Gasteiger partial charge on any atom is 0.269 e. The number of carbonyl (C=O) groups excluding carboxylic acids is 1. The summed E-state index contributed by atoms with van der Waals surface area (Å²) in [6.07, 6.45) is 8.19. The van der Waals surface area contributed by atoms with Gasteiger partial charge in [0.05, 0.1) is 0 Å². The summed E-state index contributed by atoms with van der Waals surface area (Å²) in [6, 6.07) is 5.74. The van der Waals surface area contributed by atoms with E-state index >= 15 is 0 Å². The van der Waals surface area contributed by atoms with Crippen LogP contribution < -0.4 is 5.32 Å². The summed E-state index contributed by atoms with van der Waals surface area (Å²) >= 11 is 0. The number of carbonyl (C=O) groups is 1. The van der Waals surface area contributed by atoms with Crippen LogP contribution >= 0.6 is 0 Å². The Bertz CT molecular complexity index is 540. The minimum absolute atomic E-state index is 0.0368. The molecular formula is C14H18N4O. The second-order valence-corrected chi connectivity index (χ2v) is 5.02. The first kappa shape index (κ1) is 12.0. The second kappa shape index (κ2) is 5.30. The third kappa shape index (κ3) is 3.05. The largest absolute Gasteiger partial charge is 0.353 e. The van der Waals surface area contributed by atoms with E-state index in [1.54, 1.807) is 12.3 Å². The average Bonchev–Trinajstić information content (AvgIpc) is 2.90. The summed E-state index contributed by atoms with van der Waals surface area (Å²) in [5.74, 6) is 0.677. The molecule has 2 aromatic rings. The number of amides is 1. The van der Waals surface area contributed by atoms with Gasteiger partial charge in [-0.2, -0.15) is 5.10 Å². The Kier molecular flexibility index (Phi) is 3.35. The lowest BCUT2D eigenvalue weighted by molar-refractivity contribution is 0.0941. The number of aromatic nitrogens is 3. The van der Waals surface area contributed by atoms with Gasteiger partial charge in [0.15, 0.2) is 0 Å². The number of hydrogen-bond donors (Lipinski definition) is 1. The van der Waals surface area contributed by atoms with Crippen molar-refractivity contribution < 1.29 is 4.79 Å². The van der Waals surface area contributed by atoms with Gasteiger partial charge in [-0.15, -0.1) is 0 Å². The third-order valence-corrected chi connectivity index (χ3v) is 3.40. The Labute approximate surface area is 112 Å². The van der Waals surface area contributed by atoms with Crippen LogP contribution in [-0.4, -0.2) is 26.8 Å². The van der Waals surface area contributed by atoms with Crippen molar-refractivity contribution in [3.8, 4) is 0 Å². The van der Waals surface area contributed by atoms with Crippen LogP contribution in [0.15, 0.2) is 36.8 Å². The smallest absolute Gasteiger partial charge is 0.269 e. The molecule has 1 amide bonds. The molecule has 1 N–H and O–H groups in total. The Morgan fingerprint density at radius 2 is 2.16 bits per heavy atom. The van der Waals surface area contributed by atoms with Gasteiger partial charge in [-0.25, -0.2) is 0 Å². The Hall–Kier alpha value is -2.04. The van der Waals surface area contributed by atoms with Gasteiger partial charge in [-0.3, -0.25) is 9.48 Å². The van der Waals surface area contributed by atoms with Crippen molar-refractivity contribution in [3.05, 3.63) is 42.5 Å². The zero-order chi connectivity index (χ0) is 13.1. The fourth-order valence-electron chi connectivity index (χ4n) is 2.12. The molecule has 0 radical (unpaired) electrons. The summed E-state index contributed by atoms with van der Waals surface area (Å²) in [7, 11) is 0. The Morgan fingerprint density at radius 1 is 1.37 bits per heavy atom. The summed E-state index contributed by atoms with van der Waals surface area (Å²) in [6.45, 7) is 2.28. The normalized spacial score (nSPS) is 14.5. The number of hydrogen-bond acceptors (Lipinski definition) is 2. The first-order valence-corrected chi connectivity index (χ1v) is 6.74. The summed E-state index contributed by atoms with van der Waals surface area (Å²) < 4.78 is 3.87. The third-order valence-electron chi connectivity index (χ3n) is 3.40. The highest BCUT2D eigenvalue weighted by atomic mass is 16.2. The number of nitrogens with zero attached hydrogens (tertiary/aromatic N) is 3. The zero-order valence-corrected chi connectivity index (χ0v) is 10.8. The van der Waals surface area contributed by atoms with E-state index < -0.39 is 0 Å². The molecule has 0 unspecified atom stereocenters. The van der Waals surface area contributed by atoms with Crippen molar-refractivity contribution in [1.82, 2.24) is 19.7 Å². The van der Waals surface area contributed by atoms with Gasteiger partial charge in [0, 0.05) is 38.2 Å². The Morgan fingerprint density at radius 3 is 2.89 bits per heavy atom. The SMILES string of the molecule is O=C(NCCn1cccc1)c1ccnn1CC1CC1. The van der Waals surface area contributed by atoms with Gasteiger partial charge in [0.2, 0.25) is 0 Å². The van der Waals surface area contributed by atoms with E-state index in [9.17, 15) is 4.79 Å². The minimum Gasteiger partial charge on any atom is -0.353 e. The van der Waals surface area contributed by atoms with Crippen molar-refractivity contribution >= 4 is 5.91 Å². The van der Waals surface area contributed by atoms with Gasteiger partial charge in [0.25, 0.3) is 5.91 Å². The predicted molar refractivity (Wildman–Crippen MR) is 71.7 cm³/mol. The van der Waals surface area contributed by atoms with E-state index in [1.165, 1.54) is 12.8 Å². The molecule has 0 aliphatic heterocycles. The summed E-state index contributed by atoms with van der Waals surface area (Å²) in [4.78, 5) is 12.1. The zero-order valence-electron chi connectivity index (χ0n) is 10.8. The Balaban J connectivity index is 1.53. The lowest BCUT2D eigenvalue weighted by Crippen LogP contribution is -2.29. The molecule has 2 heterocycles. The minimum atomic E-state index is -0.0368. The van der Waals surface area contributed by atoms with E-state index in [1.807, 2.05) is 33.8 Å². The maximum absolute atomic E-state index is 12.1. The van der Waals surface area contributed by atoms with Gasteiger partial charge in [-0.1, -0.05) is 0 Å². The van der Waals surface area contributed by atoms with E-state index in [-0.39, 0.29) is 5.91 Å². The standard InChI is InChI=1S/C14H18N4O/c19-14(15-7-10-17-8-1-2-9-17)13-5-6-16-18(13)11-12-3-4-12/h1-2,5-6,8-9,12H,3-4,7,10-11H2,(H,15,19). The molecule has 0 bridgehead atoms. The quantitative estimate of drug-likeness (QED) is 0.854. The van der Waals surface area contributed by atoms with Crippen LogP contribution in [0.5, 0.6) is 0 Å². The maximum atomic E-state index is 12.1. The van der Waals surface area contributed by atoms with Crippen LogP contribution in [0, 0.1) is 5.92 Å². The van der Waals surface area contributed by atoms with E-state index in [0.29, 0.717) is 18.2 Å². The van der Waals surface area contributed by atoms with Crippen LogP contribution in [0.4, 0.5) is 0 Å². The van der Waals surface area contributed by atoms with Gasteiger partial charge in [0.1, 0.15) is 5.69 Å². The van der Waals surface area contributed by atoms with Gasteiger partial charge in [-0.05, 0) is 37.0 Å². The highest BCUT2D eigenvalue weighted by Gasteiger charge is 2.24. The van der Waals surface area contributed by atoms with Crippen molar-refractivity contribution in [2.24, 2.45) is 5.92 Å². The first-order chi connectivity index (χ1) is 9.33. The van der Waals surface area contributed by atoms with Crippen molar-refractivity contribution in [3.63, 3.8) is 0 Å². The van der Waals surface area contributed by atoms with E-state index in [2.05, 4.69) is 10.4 Å². The molecule has 1 fully saturated rings. The highest BCUT2D eigenvalue weighted by molar-refractivity contribution is 5.92.